The van der Waals surface area contributed by atoms with Crippen LogP contribution in [0.4, 0.5) is 0 Å². The third-order valence-electron chi connectivity index (χ3n) is 1.02. The van der Waals surface area contributed by atoms with Gasteiger partial charge in [-0.2, -0.15) is 0 Å². The summed E-state index contributed by atoms with van der Waals surface area (Å²) >= 11 is 1.16. The van der Waals surface area contributed by atoms with Gasteiger partial charge in [-0.05, 0) is 11.5 Å². The average Bonchev–Trinajstić information content (AvgIpc) is 2.38. The van der Waals surface area contributed by atoms with Crippen molar-refractivity contribution >= 4 is 11.5 Å². The first-order valence-corrected chi connectivity index (χ1v) is 3.50. The highest BCUT2D eigenvalue weighted by molar-refractivity contribution is 7.05. The zero-order chi connectivity index (χ0) is 7.40. The van der Waals surface area contributed by atoms with Gasteiger partial charge in [0.25, 0.3) is 0 Å². The van der Waals surface area contributed by atoms with Crippen LogP contribution in [0.5, 0.6) is 0 Å². The van der Waals surface area contributed by atoms with Crippen LogP contribution in [0.3, 0.4) is 0 Å². The fourth-order valence-electron chi connectivity index (χ4n) is 0.534. The van der Waals surface area contributed by atoms with E-state index in [0.29, 0.717) is 6.42 Å². The van der Waals surface area contributed by atoms with Crippen molar-refractivity contribution < 1.29 is 5.11 Å². The number of hydrogen-bond acceptors (Lipinski definition) is 4. The summed E-state index contributed by atoms with van der Waals surface area (Å²) in [6.45, 7) is 0. The number of aliphatic hydroxyl groups excluding tert-OH is 1. The Morgan fingerprint density at radius 2 is 2.70 bits per heavy atom. The number of hydrogen-bond donors (Lipinski definition) is 1. The lowest BCUT2D eigenvalue weighted by atomic mass is 10.2. The van der Waals surface area contributed by atoms with E-state index in [1.807, 2.05) is 0 Å². The van der Waals surface area contributed by atoms with E-state index < -0.39 is 6.10 Å². The van der Waals surface area contributed by atoms with Crippen LogP contribution < -0.4 is 0 Å². The van der Waals surface area contributed by atoms with E-state index >= 15 is 0 Å². The van der Waals surface area contributed by atoms with Gasteiger partial charge in [-0.25, -0.2) is 0 Å². The van der Waals surface area contributed by atoms with Gasteiger partial charge in [0.2, 0.25) is 0 Å². The van der Waals surface area contributed by atoms with Gasteiger partial charge in [-0.3, -0.25) is 0 Å². The van der Waals surface area contributed by atoms with Crippen molar-refractivity contribution in [2.75, 3.05) is 0 Å². The molecule has 0 aliphatic heterocycles. The molecule has 1 unspecified atom stereocenters. The second-order valence-electron chi connectivity index (χ2n) is 1.74. The Balaban J connectivity index is 2.61. The highest BCUT2D eigenvalue weighted by Gasteiger charge is 2.06. The van der Waals surface area contributed by atoms with E-state index in [1.165, 1.54) is 6.20 Å². The zero-order valence-electron chi connectivity index (χ0n) is 5.19. The van der Waals surface area contributed by atoms with E-state index in [2.05, 4.69) is 15.5 Å². The molecule has 0 amide bonds. The summed E-state index contributed by atoms with van der Waals surface area (Å²) in [5.74, 6) is 2.36. The third kappa shape index (κ3) is 1.53. The lowest BCUT2D eigenvalue weighted by molar-refractivity contribution is 0.187. The van der Waals surface area contributed by atoms with Gasteiger partial charge in [0.05, 0.1) is 11.1 Å². The van der Waals surface area contributed by atoms with E-state index in [9.17, 15) is 5.11 Å². The molecule has 1 aromatic heterocycles. The molecule has 0 radical (unpaired) electrons. The molecule has 10 heavy (non-hydrogen) atoms. The maximum atomic E-state index is 9.20. The molecule has 0 spiro atoms. The lowest BCUT2D eigenvalue weighted by Gasteiger charge is -1.98. The smallest absolute Gasteiger partial charge is 0.102 e. The minimum absolute atomic E-state index is 0.323. The number of rotatable bonds is 2. The first kappa shape index (κ1) is 7.19. The van der Waals surface area contributed by atoms with Gasteiger partial charge in [0.15, 0.2) is 0 Å². The fraction of sp³-hybridized carbons (Fsp3) is 0.333. The Morgan fingerprint density at radius 1 is 1.90 bits per heavy atom. The molecule has 52 valence electrons. The van der Waals surface area contributed by atoms with Crippen molar-refractivity contribution in [1.29, 1.82) is 0 Å². The van der Waals surface area contributed by atoms with Gasteiger partial charge in [-0.15, -0.1) is 17.4 Å². The molecule has 0 aliphatic rings. The Hall–Kier alpha value is -0.920. The summed E-state index contributed by atoms with van der Waals surface area (Å²) in [6.07, 6.45) is 6.24. The second-order valence-corrected chi connectivity index (χ2v) is 2.56. The molecule has 1 N–H and O–H groups in total. The Morgan fingerprint density at radius 3 is 3.20 bits per heavy atom. The van der Waals surface area contributed by atoms with Crippen molar-refractivity contribution in [3.8, 4) is 12.3 Å². The molecule has 3 nitrogen and oxygen atoms in total. The molecule has 0 bridgehead atoms. The molecular formula is C6H6N2OS. The van der Waals surface area contributed by atoms with Crippen LogP contribution >= 0.6 is 11.5 Å². The number of terminal acetylenes is 1. The van der Waals surface area contributed by atoms with E-state index in [4.69, 9.17) is 6.42 Å². The zero-order valence-corrected chi connectivity index (χ0v) is 6.01. The van der Waals surface area contributed by atoms with Gasteiger partial charge < -0.3 is 5.11 Å². The third-order valence-corrected chi connectivity index (χ3v) is 1.78. The molecule has 0 aliphatic carbocycles. The minimum atomic E-state index is -0.593. The molecular weight excluding hydrogens is 148 g/mol. The molecule has 0 fully saturated rings. The predicted octanol–water partition coefficient (Wildman–Crippen LogP) is 0.595. The SMILES string of the molecule is C#CCC(O)c1cnns1. The van der Waals surface area contributed by atoms with Crippen LogP contribution in [-0.4, -0.2) is 14.7 Å². The summed E-state index contributed by atoms with van der Waals surface area (Å²) in [6, 6.07) is 0. The Kier molecular flexibility index (Phi) is 2.37. The van der Waals surface area contributed by atoms with Gasteiger partial charge in [-0.1, -0.05) is 4.49 Å². The predicted molar refractivity (Wildman–Crippen MR) is 38.3 cm³/mol. The molecule has 0 saturated heterocycles. The summed E-state index contributed by atoms with van der Waals surface area (Å²) in [5, 5.41) is 12.8. The minimum Gasteiger partial charge on any atom is -0.386 e. The van der Waals surface area contributed by atoms with E-state index in [0.717, 1.165) is 16.4 Å². The van der Waals surface area contributed by atoms with Gasteiger partial charge >= 0.3 is 0 Å². The van der Waals surface area contributed by atoms with Crippen LogP contribution in [-0.2, 0) is 0 Å². The van der Waals surface area contributed by atoms with Crippen LogP contribution in [0.2, 0.25) is 0 Å². The first-order valence-electron chi connectivity index (χ1n) is 2.73. The number of aromatic nitrogens is 2. The van der Waals surface area contributed by atoms with Crippen LogP contribution in [0, 0.1) is 12.3 Å². The molecule has 1 atom stereocenters. The molecule has 1 rings (SSSR count). The molecule has 4 heteroatoms. The number of aliphatic hydroxyl groups is 1. The molecule has 1 aromatic rings. The Bertz CT molecular complexity index is 226. The largest absolute Gasteiger partial charge is 0.386 e. The summed E-state index contributed by atoms with van der Waals surface area (Å²) in [4.78, 5) is 0.720. The average molecular weight is 154 g/mol. The van der Waals surface area contributed by atoms with Gasteiger partial charge in [0, 0.05) is 6.42 Å². The van der Waals surface area contributed by atoms with Crippen LogP contribution in [0.15, 0.2) is 6.20 Å². The van der Waals surface area contributed by atoms with Gasteiger partial charge in [0.1, 0.15) is 6.10 Å². The maximum Gasteiger partial charge on any atom is 0.102 e. The fourth-order valence-corrected chi connectivity index (χ4v) is 1.02. The van der Waals surface area contributed by atoms with E-state index in [-0.39, 0.29) is 0 Å². The first-order chi connectivity index (χ1) is 4.84. The topological polar surface area (TPSA) is 46.0 Å². The highest BCUT2D eigenvalue weighted by atomic mass is 32.1. The monoisotopic (exact) mass is 154 g/mol. The van der Waals surface area contributed by atoms with Crippen molar-refractivity contribution in [2.24, 2.45) is 0 Å². The van der Waals surface area contributed by atoms with Crippen molar-refractivity contribution in [3.63, 3.8) is 0 Å². The van der Waals surface area contributed by atoms with Crippen molar-refractivity contribution in [3.05, 3.63) is 11.1 Å². The maximum absolute atomic E-state index is 9.20. The summed E-state index contributed by atoms with van der Waals surface area (Å²) in [7, 11) is 0. The Labute approximate surface area is 62.9 Å². The standard InChI is InChI=1S/C6H6N2OS/c1-2-3-5(9)6-4-7-8-10-6/h1,4-5,9H,3H2. The molecule has 1 heterocycles. The quantitative estimate of drug-likeness (QED) is 0.634. The van der Waals surface area contributed by atoms with E-state index in [1.54, 1.807) is 0 Å². The van der Waals surface area contributed by atoms with Crippen LogP contribution in [0.1, 0.15) is 17.4 Å². The summed E-state index contributed by atoms with van der Waals surface area (Å²) < 4.78 is 3.59. The number of nitrogens with zero attached hydrogens (tertiary/aromatic N) is 2. The summed E-state index contributed by atoms with van der Waals surface area (Å²) in [5.41, 5.74) is 0. The van der Waals surface area contributed by atoms with Crippen molar-refractivity contribution in [2.45, 2.75) is 12.5 Å². The second kappa shape index (κ2) is 3.30. The molecule has 0 saturated carbocycles. The highest BCUT2D eigenvalue weighted by Crippen LogP contribution is 2.17. The normalized spacial score (nSPS) is 12.4. The molecule has 0 aromatic carbocycles. The van der Waals surface area contributed by atoms with Crippen molar-refractivity contribution in [1.82, 2.24) is 9.59 Å². The lowest BCUT2D eigenvalue weighted by Crippen LogP contribution is -1.91. The van der Waals surface area contributed by atoms with Crippen LogP contribution in [0.25, 0.3) is 0 Å².